The van der Waals surface area contributed by atoms with Crippen LogP contribution in [-0.2, 0) is 40.9 Å². The largest absolute Gasteiger partial charge is 0.490 e. The normalized spacial score (nSPS) is 30.8. The zero-order valence-corrected chi connectivity index (χ0v) is 30.9. The summed E-state index contributed by atoms with van der Waals surface area (Å²) in [6.45, 7) is 8.54. The number of rotatable bonds is 5. The van der Waals surface area contributed by atoms with Crippen molar-refractivity contribution in [1.82, 2.24) is 9.62 Å². The van der Waals surface area contributed by atoms with Gasteiger partial charge in [0.25, 0.3) is 15.9 Å². The molecule has 7 rings (SSSR count). The van der Waals surface area contributed by atoms with Crippen LogP contribution in [0.5, 0.6) is 5.75 Å². The number of carbonyl (C=O) groups excluding carboxylic acids is 1. The molecule has 1 spiro atoms. The van der Waals surface area contributed by atoms with Gasteiger partial charge in [0.1, 0.15) is 11.4 Å². The number of methoxy groups -OCH3 is 1. The van der Waals surface area contributed by atoms with Crippen molar-refractivity contribution in [2.45, 2.75) is 80.5 Å². The van der Waals surface area contributed by atoms with Gasteiger partial charge in [-0.2, -0.15) is 0 Å². The summed E-state index contributed by atoms with van der Waals surface area (Å²) in [5, 5.41) is 0.730. The van der Waals surface area contributed by atoms with Crippen molar-refractivity contribution in [2.24, 2.45) is 11.8 Å². The minimum Gasteiger partial charge on any atom is -0.490 e. The Bertz CT molecular complexity index is 1720. The molecule has 5 atom stereocenters. The summed E-state index contributed by atoms with van der Waals surface area (Å²) in [4.78, 5) is 18.0. The topological polar surface area (TPSA) is 107 Å². The van der Waals surface area contributed by atoms with E-state index in [4.69, 9.17) is 30.5 Å². The molecule has 12 heteroatoms. The van der Waals surface area contributed by atoms with Gasteiger partial charge in [-0.3, -0.25) is 9.69 Å². The highest BCUT2D eigenvalue weighted by atomic mass is 35.5. The second kappa shape index (κ2) is 14.4. The molecule has 1 saturated heterocycles. The molecule has 1 saturated carbocycles. The van der Waals surface area contributed by atoms with Crippen LogP contribution in [-0.4, -0.2) is 96.7 Å². The Hall–Kier alpha value is -2.67. The quantitative estimate of drug-likeness (QED) is 0.421. The van der Waals surface area contributed by atoms with Crippen molar-refractivity contribution in [3.05, 3.63) is 64.7 Å². The Morgan fingerprint density at radius 3 is 2.74 bits per heavy atom. The van der Waals surface area contributed by atoms with E-state index in [1.807, 2.05) is 12.1 Å². The van der Waals surface area contributed by atoms with Crippen molar-refractivity contribution in [3.63, 3.8) is 0 Å². The molecule has 0 radical (unpaired) electrons. The van der Waals surface area contributed by atoms with Crippen LogP contribution in [0.1, 0.15) is 57.1 Å². The van der Waals surface area contributed by atoms with E-state index in [0.717, 1.165) is 75.4 Å². The Balaban J connectivity index is 1.23. The molecule has 5 aliphatic rings. The first kappa shape index (κ1) is 35.7. The molecule has 3 aliphatic heterocycles. The van der Waals surface area contributed by atoms with E-state index in [9.17, 15) is 13.2 Å². The zero-order chi connectivity index (χ0) is 35.1. The number of nitrogens with one attached hydrogen (secondary N) is 1. The van der Waals surface area contributed by atoms with Crippen LogP contribution >= 0.6 is 11.6 Å². The maximum absolute atomic E-state index is 13.7. The second-order valence-electron chi connectivity index (χ2n) is 15.2. The first-order valence-corrected chi connectivity index (χ1v) is 19.9. The molecule has 50 heavy (non-hydrogen) atoms. The van der Waals surface area contributed by atoms with Gasteiger partial charge in [0, 0.05) is 50.3 Å². The smallest absolute Gasteiger partial charge is 0.265 e. The van der Waals surface area contributed by atoms with E-state index in [1.54, 1.807) is 33.1 Å². The fourth-order valence-electron chi connectivity index (χ4n) is 8.45. The number of ether oxygens (including phenoxy) is 4. The average molecular weight is 728 g/mol. The third-order valence-corrected chi connectivity index (χ3v) is 13.2. The fourth-order valence-corrected chi connectivity index (χ4v) is 9.76. The highest BCUT2D eigenvalue weighted by Crippen LogP contribution is 2.47. The molecule has 2 aliphatic carbocycles. The van der Waals surface area contributed by atoms with E-state index in [-0.39, 0.29) is 35.0 Å². The maximum atomic E-state index is 13.7. The van der Waals surface area contributed by atoms with Gasteiger partial charge >= 0.3 is 0 Å². The van der Waals surface area contributed by atoms with Gasteiger partial charge in [-0.25, -0.2) is 13.1 Å². The number of carbonyl (C=O) groups is 1. The van der Waals surface area contributed by atoms with Crippen LogP contribution in [0.25, 0.3) is 0 Å². The fraction of sp³-hybridized carbons (Fsp3) is 0.605. The first-order chi connectivity index (χ1) is 24.0. The Labute approximate surface area is 301 Å². The summed E-state index contributed by atoms with van der Waals surface area (Å²) >= 11 is 6.46. The summed E-state index contributed by atoms with van der Waals surface area (Å²) in [5.41, 5.74) is 1.54. The number of anilines is 1. The number of amides is 1. The van der Waals surface area contributed by atoms with E-state index < -0.39 is 21.5 Å². The molecule has 0 unspecified atom stereocenters. The first-order valence-electron chi connectivity index (χ1n) is 18.0. The van der Waals surface area contributed by atoms with Crippen LogP contribution in [0, 0.1) is 11.8 Å². The number of sulfonamides is 1. The van der Waals surface area contributed by atoms with Crippen molar-refractivity contribution < 1.29 is 32.2 Å². The van der Waals surface area contributed by atoms with Crippen LogP contribution in [0.2, 0.25) is 5.02 Å². The maximum Gasteiger partial charge on any atom is 0.265 e. The third kappa shape index (κ3) is 7.32. The van der Waals surface area contributed by atoms with Crippen LogP contribution in [0.15, 0.2) is 53.4 Å². The van der Waals surface area contributed by atoms with Crippen molar-refractivity contribution in [1.29, 1.82) is 0 Å². The van der Waals surface area contributed by atoms with Gasteiger partial charge in [0.15, 0.2) is 0 Å². The number of aryl methyl sites for hydroxylation is 1. The number of fused-ring (bicyclic) bond motifs is 4. The molecular formula is C38H50ClN3O7S. The third-order valence-electron chi connectivity index (χ3n) is 11.6. The number of hydrogen-bond acceptors (Lipinski definition) is 9. The lowest BCUT2D eigenvalue weighted by molar-refractivity contribution is -0.139. The lowest BCUT2D eigenvalue weighted by Crippen LogP contribution is -2.50. The molecule has 2 aromatic rings. The minimum atomic E-state index is -4.20. The highest BCUT2D eigenvalue weighted by Gasteiger charge is 2.45. The minimum absolute atomic E-state index is 0.0109. The van der Waals surface area contributed by atoms with Gasteiger partial charge in [0.05, 0.1) is 42.6 Å². The lowest BCUT2D eigenvalue weighted by Gasteiger charge is -2.46. The summed E-state index contributed by atoms with van der Waals surface area (Å²) in [6.07, 6.45) is 10.2. The molecule has 2 bridgehead atoms. The summed E-state index contributed by atoms with van der Waals surface area (Å²) in [7, 11) is -2.42. The SMILES string of the molecule is CO[C@@H]1CCN(CCO[C@H]2C=CCOC(C)(C)C(=O)NS(=O)(=O)c3ccc4c(c3)N(C[C@@H]3CC[C@H]32)C[C@@]2(CCCc3cc(Cl)ccc32)CO4)C1. The summed E-state index contributed by atoms with van der Waals surface area (Å²) < 4.78 is 54.3. The highest BCUT2D eigenvalue weighted by molar-refractivity contribution is 7.90. The summed E-state index contributed by atoms with van der Waals surface area (Å²) in [6, 6.07) is 11.1. The van der Waals surface area contributed by atoms with Gasteiger partial charge < -0.3 is 23.8 Å². The monoisotopic (exact) mass is 727 g/mol. The Morgan fingerprint density at radius 1 is 1.10 bits per heavy atom. The van der Waals surface area contributed by atoms with Crippen LogP contribution in [0.4, 0.5) is 5.69 Å². The van der Waals surface area contributed by atoms with E-state index in [2.05, 4.69) is 32.7 Å². The van der Waals surface area contributed by atoms with Gasteiger partial charge in [-0.15, -0.1) is 0 Å². The molecule has 0 aromatic heterocycles. The summed E-state index contributed by atoms with van der Waals surface area (Å²) in [5.74, 6) is 0.496. The number of halogens is 1. The number of likely N-dealkylation sites (tertiary alicyclic amines) is 1. The van der Waals surface area contributed by atoms with Gasteiger partial charge in [-0.05, 0) is 106 Å². The number of nitrogens with zero attached hydrogens (tertiary/aromatic N) is 2. The second-order valence-corrected chi connectivity index (χ2v) is 17.3. The molecule has 2 aromatic carbocycles. The van der Waals surface area contributed by atoms with E-state index in [0.29, 0.717) is 31.4 Å². The number of hydrogen-bond donors (Lipinski definition) is 1. The van der Waals surface area contributed by atoms with E-state index >= 15 is 0 Å². The van der Waals surface area contributed by atoms with Crippen molar-refractivity contribution >= 4 is 33.2 Å². The lowest BCUT2D eigenvalue weighted by atomic mass is 9.68. The Kier molecular flexibility index (Phi) is 10.3. The molecular weight excluding hydrogens is 678 g/mol. The van der Waals surface area contributed by atoms with Crippen LogP contribution < -0.4 is 14.4 Å². The van der Waals surface area contributed by atoms with E-state index in [1.165, 1.54) is 17.2 Å². The van der Waals surface area contributed by atoms with Crippen molar-refractivity contribution in [3.8, 4) is 5.75 Å². The molecule has 1 N–H and O–H groups in total. The molecule has 2 fully saturated rings. The average Bonchev–Trinajstić information content (AvgIpc) is 3.48. The molecule has 1 amide bonds. The zero-order valence-electron chi connectivity index (χ0n) is 29.4. The van der Waals surface area contributed by atoms with Gasteiger partial charge in [-0.1, -0.05) is 29.8 Å². The Morgan fingerprint density at radius 2 is 1.96 bits per heavy atom. The predicted molar refractivity (Wildman–Crippen MR) is 193 cm³/mol. The standard InChI is InChI=1S/C38H50ClN3O7S/c1-37(2)36(43)40-50(44,45)30-10-13-35-33(21-30)42(24-38(25-48-35)15-4-6-26-20-28(39)9-12-32(26)38)22-27-8-11-31(27)34(7-5-18-49-37)47-19-17-41-16-14-29(23-41)46-3/h5,7,9-10,12-13,20-21,27,29,31,34H,4,6,8,11,14-19,22-25H2,1-3H3,(H,40,43)/t27-,29+,31+,34-,38-/m0/s1. The molecule has 10 nitrogen and oxygen atoms in total. The van der Waals surface area contributed by atoms with Crippen LogP contribution in [0.3, 0.4) is 0 Å². The number of benzene rings is 2. The van der Waals surface area contributed by atoms with Crippen molar-refractivity contribution in [2.75, 3.05) is 64.6 Å². The molecule has 3 heterocycles. The predicted octanol–water partition coefficient (Wildman–Crippen LogP) is 5.12. The molecule has 272 valence electrons. The van der Waals surface area contributed by atoms with Gasteiger partial charge in [0.2, 0.25) is 0 Å².